The normalized spacial score (nSPS) is 10.7. The Labute approximate surface area is 141 Å². The van der Waals surface area contributed by atoms with Crippen molar-refractivity contribution >= 4 is 34.1 Å². The molecule has 1 aromatic heterocycles. The summed E-state index contributed by atoms with van der Waals surface area (Å²) in [6, 6.07) is 16.3. The number of para-hydroxylation sites is 2. The molecule has 4 nitrogen and oxygen atoms in total. The second kappa shape index (κ2) is 7.24. The van der Waals surface area contributed by atoms with Crippen LogP contribution in [0.15, 0.2) is 54.9 Å². The van der Waals surface area contributed by atoms with E-state index >= 15 is 0 Å². The molecule has 0 radical (unpaired) electrons. The van der Waals surface area contributed by atoms with E-state index in [0.29, 0.717) is 5.11 Å². The van der Waals surface area contributed by atoms with Crippen molar-refractivity contribution in [1.82, 2.24) is 9.66 Å². The summed E-state index contributed by atoms with van der Waals surface area (Å²) in [7, 11) is 0. The number of imidazole rings is 1. The Morgan fingerprint density at radius 2 is 1.91 bits per heavy atom. The number of nitrogens with zero attached hydrogens (tertiary/aromatic N) is 2. The maximum Gasteiger partial charge on any atom is 0.190 e. The number of aromatic nitrogens is 2. The number of thiocarbonyl (C=S) groups is 1. The number of unbranched alkanes of at least 4 members (excludes halogenated alkanes) is 1. The number of aryl methyl sites for hydroxylation is 1. The highest BCUT2D eigenvalue weighted by Gasteiger charge is 2.03. The molecule has 0 aliphatic carbocycles. The second-order valence-electron chi connectivity index (χ2n) is 5.47. The number of nitrogens with one attached hydrogen (secondary N) is 2. The summed E-state index contributed by atoms with van der Waals surface area (Å²) in [4.78, 5) is 4.33. The number of anilines is 1. The molecule has 3 rings (SSSR count). The van der Waals surface area contributed by atoms with Crippen LogP contribution in [-0.4, -0.2) is 14.8 Å². The van der Waals surface area contributed by atoms with Crippen molar-refractivity contribution in [3.05, 3.63) is 60.4 Å². The summed E-state index contributed by atoms with van der Waals surface area (Å²) in [5, 5.41) is 3.74. The fourth-order valence-electron chi connectivity index (χ4n) is 2.45. The molecule has 0 aliphatic heterocycles. The van der Waals surface area contributed by atoms with Gasteiger partial charge in [-0.15, -0.1) is 0 Å². The summed E-state index contributed by atoms with van der Waals surface area (Å²) < 4.78 is 1.82. The van der Waals surface area contributed by atoms with Crippen LogP contribution < -0.4 is 10.7 Å². The van der Waals surface area contributed by atoms with Crippen LogP contribution in [0.1, 0.15) is 25.3 Å². The molecular weight excluding hydrogens is 304 g/mol. The largest absolute Gasteiger partial charge is 0.331 e. The lowest BCUT2D eigenvalue weighted by Crippen LogP contribution is -2.26. The molecule has 3 aromatic rings. The van der Waals surface area contributed by atoms with Crippen LogP contribution in [-0.2, 0) is 6.42 Å². The molecule has 0 saturated carbocycles. The first-order chi connectivity index (χ1) is 11.3. The maximum atomic E-state index is 5.38. The van der Waals surface area contributed by atoms with E-state index in [9.17, 15) is 0 Å². The third-order valence-corrected chi connectivity index (χ3v) is 3.90. The standard InChI is InChI=1S/C18H20N4S/c1-2-3-6-14-9-11-15(12-10-14)20-18(23)21-22-13-19-16-7-4-5-8-17(16)22/h4-5,7-13H,2-3,6H2,1H3,(H2,20,21,23). The van der Waals surface area contributed by atoms with Crippen LogP contribution in [0.5, 0.6) is 0 Å². The first-order valence-electron chi connectivity index (χ1n) is 7.85. The minimum Gasteiger partial charge on any atom is -0.331 e. The van der Waals surface area contributed by atoms with Gasteiger partial charge in [-0.1, -0.05) is 37.6 Å². The maximum absolute atomic E-state index is 5.38. The highest BCUT2D eigenvalue weighted by atomic mass is 32.1. The van der Waals surface area contributed by atoms with Gasteiger partial charge in [0.1, 0.15) is 6.33 Å². The first-order valence-corrected chi connectivity index (χ1v) is 8.26. The average molecular weight is 324 g/mol. The van der Waals surface area contributed by atoms with Crippen LogP contribution in [0.4, 0.5) is 5.69 Å². The zero-order valence-corrected chi connectivity index (χ0v) is 13.9. The Balaban J connectivity index is 1.63. The van der Waals surface area contributed by atoms with Gasteiger partial charge in [0.15, 0.2) is 5.11 Å². The van der Waals surface area contributed by atoms with Crippen molar-refractivity contribution in [2.75, 3.05) is 10.7 Å². The Kier molecular flexibility index (Phi) is 4.88. The molecule has 0 unspecified atom stereocenters. The van der Waals surface area contributed by atoms with Gasteiger partial charge in [-0.25, -0.2) is 9.66 Å². The van der Waals surface area contributed by atoms with Crippen molar-refractivity contribution in [3.8, 4) is 0 Å². The summed E-state index contributed by atoms with van der Waals surface area (Å²) in [6.45, 7) is 2.21. The number of fused-ring (bicyclic) bond motifs is 1. The second-order valence-corrected chi connectivity index (χ2v) is 5.88. The Bertz CT molecular complexity index is 792. The lowest BCUT2D eigenvalue weighted by molar-refractivity contribution is 0.795. The average Bonchev–Trinajstić information content (AvgIpc) is 2.97. The molecule has 5 heteroatoms. The van der Waals surface area contributed by atoms with Crippen molar-refractivity contribution in [2.24, 2.45) is 0 Å². The number of hydrogen-bond donors (Lipinski definition) is 2. The molecule has 0 atom stereocenters. The van der Waals surface area contributed by atoms with E-state index < -0.39 is 0 Å². The molecule has 0 fully saturated rings. The first kappa shape index (κ1) is 15.5. The molecule has 2 N–H and O–H groups in total. The Morgan fingerprint density at radius 3 is 2.70 bits per heavy atom. The molecule has 2 aromatic carbocycles. The van der Waals surface area contributed by atoms with E-state index in [-0.39, 0.29) is 0 Å². The summed E-state index contributed by atoms with van der Waals surface area (Å²) >= 11 is 5.38. The third kappa shape index (κ3) is 3.87. The van der Waals surface area contributed by atoms with Crippen LogP contribution >= 0.6 is 12.2 Å². The van der Waals surface area contributed by atoms with Crippen molar-refractivity contribution in [3.63, 3.8) is 0 Å². The molecule has 118 valence electrons. The minimum atomic E-state index is 0.537. The summed E-state index contributed by atoms with van der Waals surface area (Å²) in [6.07, 6.45) is 5.29. The molecule has 0 spiro atoms. The van der Waals surface area contributed by atoms with E-state index in [4.69, 9.17) is 12.2 Å². The highest BCUT2D eigenvalue weighted by molar-refractivity contribution is 7.80. The molecule has 0 aliphatic rings. The minimum absolute atomic E-state index is 0.537. The SMILES string of the molecule is CCCCc1ccc(NC(=S)Nn2cnc3ccccc32)cc1. The van der Waals surface area contributed by atoms with E-state index in [1.54, 1.807) is 6.33 Å². The topological polar surface area (TPSA) is 41.9 Å². The predicted molar refractivity (Wildman–Crippen MR) is 100 cm³/mol. The monoisotopic (exact) mass is 324 g/mol. The van der Waals surface area contributed by atoms with Gasteiger partial charge in [0.2, 0.25) is 0 Å². The molecule has 0 amide bonds. The van der Waals surface area contributed by atoms with Crippen molar-refractivity contribution in [1.29, 1.82) is 0 Å². The van der Waals surface area contributed by atoms with E-state index in [1.807, 2.05) is 28.9 Å². The molecule has 1 heterocycles. The highest BCUT2D eigenvalue weighted by Crippen LogP contribution is 2.13. The van der Waals surface area contributed by atoms with E-state index in [0.717, 1.165) is 23.1 Å². The molecular formula is C18H20N4S. The molecule has 0 saturated heterocycles. The quantitative estimate of drug-likeness (QED) is 0.686. The lowest BCUT2D eigenvalue weighted by Gasteiger charge is -2.12. The Morgan fingerprint density at radius 1 is 1.13 bits per heavy atom. The van der Waals surface area contributed by atoms with E-state index in [2.05, 4.69) is 46.9 Å². The van der Waals surface area contributed by atoms with Gasteiger partial charge < -0.3 is 5.32 Å². The van der Waals surface area contributed by atoms with Crippen LogP contribution in [0.25, 0.3) is 11.0 Å². The summed E-state index contributed by atoms with van der Waals surface area (Å²) in [5.74, 6) is 0. The van der Waals surface area contributed by atoms with Gasteiger partial charge in [-0.2, -0.15) is 0 Å². The molecule has 0 bridgehead atoms. The van der Waals surface area contributed by atoms with Crippen molar-refractivity contribution < 1.29 is 0 Å². The van der Waals surface area contributed by atoms with Crippen LogP contribution in [0.3, 0.4) is 0 Å². The third-order valence-electron chi connectivity index (χ3n) is 3.71. The number of hydrogen-bond acceptors (Lipinski definition) is 2. The summed E-state index contributed by atoms with van der Waals surface area (Å²) in [5.41, 5.74) is 7.40. The predicted octanol–water partition coefficient (Wildman–Crippen LogP) is 4.32. The smallest absolute Gasteiger partial charge is 0.190 e. The Hall–Kier alpha value is -2.40. The van der Waals surface area contributed by atoms with Gasteiger partial charge in [0, 0.05) is 5.69 Å². The number of rotatable bonds is 5. The zero-order chi connectivity index (χ0) is 16.1. The van der Waals surface area contributed by atoms with Gasteiger partial charge in [0.05, 0.1) is 11.0 Å². The van der Waals surface area contributed by atoms with Crippen LogP contribution in [0, 0.1) is 0 Å². The molecule has 23 heavy (non-hydrogen) atoms. The number of benzene rings is 2. The zero-order valence-electron chi connectivity index (χ0n) is 13.1. The fourth-order valence-corrected chi connectivity index (χ4v) is 2.67. The van der Waals surface area contributed by atoms with Gasteiger partial charge >= 0.3 is 0 Å². The van der Waals surface area contributed by atoms with Gasteiger partial charge in [0.25, 0.3) is 0 Å². The lowest BCUT2D eigenvalue weighted by atomic mass is 10.1. The van der Waals surface area contributed by atoms with E-state index in [1.165, 1.54) is 18.4 Å². The van der Waals surface area contributed by atoms with Gasteiger partial charge in [-0.3, -0.25) is 5.43 Å². The van der Waals surface area contributed by atoms with Gasteiger partial charge in [-0.05, 0) is 54.9 Å². The fraction of sp³-hybridized carbons (Fsp3) is 0.222. The van der Waals surface area contributed by atoms with Crippen molar-refractivity contribution in [2.45, 2.75) is 26.2 Å². The van der Waals surface area contributed by atoms with Crippen LogP contribution in [0.2, 0.25) is 0 Å².